The number of esters is 1. The van der Waals surface area contributed by atoms with Crippen LogP contribution in [0.4, 0.5) is 0 Å². The van der Waals surface area contributed by atoms with Crippen LogP contribution in [0.1, 0.15) is 59.3 Å². The minimum absolute atomic E-state index is 0.134. The van der Waals surface area contributed by atoms with Crippen LogP contribution in [0, 0.1) is 17.3 Å². The monoisotopic (exact) mass is 351 g/mol. The van der Waals surface area contributed by atoms with Crippen molar-refractivity contribution in [1.82, 2.24) is 4.72 Å². The van der Waals surface area contributed by atoms with Gasteiger partial charge in [0.25, 0.3) is 0 Å². The van der Waals surface area contributed by atoms with E-state index >= 15 is 0 Å². The molecule has 2 aliphatic carbocycles. The predicted molar refractivity (Wildman–Crippen MR) is 91.1 cm³/mol. The average molecular weight is 352 g/mol. The molecule has 2 rings (SSSR count). The third kappa shape index (κ3) is 8.67. The zero-order valence-corrected chi connectivity index (χ0v) is 16.2. The van der Waals surface area contributed by atoms with Gasteiger partial charge in [-0.1, -0.05) is 32.6 Å². The molecular formula is C16H33NO5S. The van der Waals surface area contributed by atoms with E-state index in [1.165, 1.54) is 26.0 Å². The molecule has 0 radical (unpaired) electrons. The lowest BCUT2D eigenvalue weighted by Gasteiger charge is -2.17. The fourth-order valence-electron chi connectivity index (χ4n) is 2.68. The molecule has 2 fully saturated rings. The zero-order chi connectivity index (χ0) is 18.1. The SMILES string of the molecule is C1CC2CCC1C2.CCC(C)(C)C(=O)OC.CNS(=O)(=O)OC. The van der Waals surface area contributed by atoms with Crippen LogP contribution in [0.25, 0.3) is 0 Å². The Morgan fingerprint density at radius 1 is 1.13 bits per heavy atom. The van der Waals surface area contributed by atoms with Crippen molar-refractivity contribution in [2.45, 2.75) is 59.3 Å². The van der Waals surface area contributed by atoms with Gasteiger partial charge in [-0.05, 0) is 38.5 Å². The summed E-state index contributed by atoms with van der Waals surface area (Å²) in [6.45, 7) is 5.72. The average Bonchev–Trinajstić information content (AvgIpc) is 3.20. The first-order valence-electron chi connectivity index (χ1n) is 8.19. The van der Waals surface area contributed by atoms with Crippen LogP contribution >= 0.6 is 0 Å². The maximum Gasteiger partial charge on any atom is 0.335 e. The number of carbonyl (C=O) groups excluding carboxylic acids is 1. The summed E-state index contributed by atoms with van der Waals surface area (Å²) in [6, 6.07) is 0. The first-order valence-corrected chi connectivity index (χ1v) is 9.60. The molecule has 0 aliphatic heterocycles. The summed E-state index contributed by atoms with van der Waals surface area (Å²) in [7, 11) is 0.375. The van der Waals surface area contributed by atoms with E-state index in [1.807, 2.05) is 25.5 Å². The molecule has 0 aromatic carbocycles. The number of rotatable bonds is 4. The van der Waals surface area contributed by atoms with Crippen LogP contribution in [0.3, 0.4) is 0 Å². The van der Waals surface area contributed by atoms with Gasteiger partial charge in [-0.3, -0.25) is 8.98 Å². The number of fused-ring (bicyclic) bond motifs is 2. The molecule has 0 aromatic heterocycles. The van der Waals surface area contributed by atoms with Crippen molar-refractivity contribution in [3.63, 3.8) is 0 Å². The second kappa shape index (κ2) is 10.3. The van der Waals surface area contributed by atoms with Crippen LogP contribution < -0.4 is 4.72 Å². The van der Waals surface area contributed by atoms with E-state index < -0.39 is 10.3 Å². The van der Waals surface area contributed by atoms with E-state index in [9.17, 15) is 13.2 Å². The number of hydrogen-bond acceptors (Lipinski definition) is 5. The summed E-state index contributed by atoms with van der Waals surface area (Å²) >= 11 is 0. The fourth-order valence-corrected chi connectivity index (χ4v) is 2.84. The lowest BCUT2D eigenvalue weighted by molar-refractivity contribution is -0.150. The molecule has 0 atom stereocenters. The van der Waals surface area contributed by atoms with Gasteiger partial charge in [0.05, 0.1) is 19.6 Å². The summed E-state index contributed by atoms with van der Waals surface area (Å²) in [4.78, 5) is 10.8. The smallest absolute Gasteiger partial charge is 0.335 e. The van der Waals surface area contributed by atoms with E-state index in [4.69, 9.17) is 0 Å². The van der Waals surface area contributed by atoms with E-state index in [0.29, 0.717) is 0 Å². The quantitative estimate of drug-likeness (QED) is 0.788. The Morgan fingerprint density at radius 3 is 1.65 bits per heavy atom. The van der Waals surface area contributed by atoms with Crippen molar-refractivity contribution >= 4 is 16.3 Å². The van der Waals surface area contributed by atoms with Crippen LogP contribution in [0.15, 0.2) is 0 Å². The Bertz CT molecular complexity index is 419. The fraction of sp³-hybridized carbons (Fsp3) is 0.938. The van der Waals surface area contributed by atoms with Gasteiger partial charge >= 0.3 is 16.3 Å². The highest BCUT2D eigenvalue weighted by atomic mass is 32.2. The van der Waals surface area contributed by atoms with Gasteiger partial charge in [0, 0.05) is 7.05 Å². The first-order chi connectivity index (χ1) is 10.6. The third-order valence-corrected chi connectivity index (χ3v) is 5.66. The molecule has 2 saturated carbocycles. The summed E-state index contributed by atoms with van der Waals surface area (Å²) in [5.74, 6) is 2.21. The number of hydrogen-bond donors (Lipinski definition) is 1. The molecule has 0 spiro atoms. The summed E-state index contributed by atoms with van der Waals surface area (Å²) in [5.41, 5.74) is -0.311. The summed E-state index contributed by atoms with van der Waals surface area (Å²) in [6.07, 6.45) is 8.64. The van der Waals surface area contributed by atoms with Crippen molar-refractivity contribution in [3.8, 4) is 0 Å². The molecular weight excluding hydrogens is 318 g/mol. The Hall–Kier alpha value is -0.660. The van der Waals surface area contributed by atoms with Gasteiger partial charge in [0.2, 0.25) is 0 Å². The highest BCUT2D eigenvalue weighted by molar-refractivity contribution is 7.84. The van der Waals surface area contributed by atoms with Crippen molar-refractivity contribution < 1.29 is 22.1 Å². The molecule has 0 unspecified atom stereocenters. The van der Waals surface area contributed by atoms with Crippen LogP contribution in [-0.2, 0) is 24.0 Å². The van der Waals surface area contributed by atoms with Gasteiger partial charge < -0.3 is 4.74 Å². The van der Waals surface area contributed by atoms with Gasteiger partial charge in [0.1, 0.15) is 0 Å². The molecule has 2 bridgehead atoms. The van der Waals surface area contributed by atoms with Crippen LogP contribution in [-0.4, -0.2) is 35.7 Å². The minimum Gasteiger partial charge on any atom is -0.469 e. The summed E-state index contributed by atoms with van der Waals surface area (Å²) < 4.78 is 30.5. The molecule has 1 N–H and O–H groups in total. The largest absolute Gasteiger partial charge is 0.469 e. The minimum atomic E-state index is -3.41. The Kier molecular flexibility index (Phi) is 9.96. The Labute approximate surface area is 141 Å². The van der Waals surface area contributed by atoms with E-state index in [-0.39, 0.29) is 11.4 Å². The van der Waals surface area contributed by atoms with Crippen LogP contribution in [0.5, 0.6) is 0 Å². The Balaban J connectivity index is 0.000000318. The highest BCUT2D eigenvalue weighted by Gasteiger charge is 2.30. The number of ether oxygens (including phenoxy) is 1. The molecule has 0 aromatic rings. The van der Waals surface area contributed by atoms with Crippen molar-refractivity contribution in [1.29, 1.82) is 0 Å². The third-order valence-electron chi connectivity index (χ3n) is 4.72. The predicted octanol–water partition coefficient (Wildman–Crippen LogP) is 2.89. The van der Waals surface area contributed by atoms with Crippen molar-refractivity contribution in [2.75, 3.05) is 21.3 Å². The molecule has 2 aliphatic rings. The number of methoxy groups -OCH3 is 1. The number of carbonyl (C=O) groups is 1. The molecule has 0 heterocycles. The topological polar surface area (TPSA) is 81.7 Å². The van der Waals surface area contributed by atoms with Crippen molar-refractivity contribution in [3.05, 3.63) is 0 Å². The van der Waals surface area contributed by atoms with E-state index in [0.717, 1.165) is 13.5 Å². The van der Waals surface area contributed by atoms with E-state index in [2.05, 4.69) is 8.92 Å². The second-order valence-corrected chi connectivity index (χ2v) is 8.33. The highest BCUT2D eigenvalue weighted by Crippen LogP contribution is 2.43. The standard InChI is InChI=1S/C7H14O2.C7H12.C2H7NO3S/c1-5-7(2,3)6(8)9-4;1-2-7-4-3-6(1)5-7;1-3-7(4,5)6-2/h5H2,1-4H3;6-7H,1-5H2;3H,1-2H3. The maximum atomic E-state index is 10.8. The first kappa shape index (κ1) is 22.3. The number of nitrogens with one attached hydrogen (secondary N) is 1. The Morgan fingerprint density at radius 2 is 1.57 bits per heavy atom. The molecule has 138 valence electrons. The van der Waals surface area contributed by atoms with Gasteiger partial charge in [-0.15, -0.1) is 0 Å². The normalized spacial score (nSPS) is 22.5. The van der Waals surface area contributed by atoms with Crippen molar-refractivity contribution in [2.24, 2.45) is 17.3 Å². The lowest BCUT2D eigenvalue weighted by Crippen LogP contribution is -2.24. The summed E-state index contributed by atoms with van der Waals surface area (Å²) in [5, 5.41) is 0. The van der Waals surface area contributed by atoms with Gasteiger partial charge in [-0.25, -0.2) is 0 Å². The van der Waals surface area contributed by atoms with Gasteiger partial charge in [-0.2, -0.15) is 13.1 Å². The van der Waals surface area contributed by atoms with Gasteiger partial charge in [0.15, 0.2) is 0 Å². The van der Waals surface area contributed by atoms with Crippen LogP contribution in [0.2, 0.25) is 0 Å². The lowest BCUT2D eigenvalue weighted by atomic mass is 9.91. The molecule has 7 heteroatoms. The molecule has 6 nitrogen and oxygen atoms in total. The zero-order valence-electron chi connectivity index (χ0n) is 15.3. The molecule has 0 amide bonds. The molecule has 23 heavy (non-hydrogen) atoms. The maximum absolute atomic E-state index is 10.8. The second-order valence-electron chi connectivity index (χ2n) is 6.68. The van der Waals surface area contributed by atoms with E-state index in [1.54, 1.807) is 32.1 Å². The molecule has 0 saturated heterocycles.